The SMILES string of the molecule is CCC(C)C(N)C(=O)NC(Cc1cnc[nH]1)C(=O)NC(CC(N)=O)C(=O)NC(Cc1ccccc1)C(=O)O. The minimum Gasteiger partial charge on any atom is -0.480 e. The van der Waals surface area contributed by atoms with Crippen molar-refractivity contribution in [3.05, 3.63) is 54.1 Å². The van der Waals surface area contributed by atoms with Crippen molar-refractivity contribution in [2.45, 2.75) is 63.7 Å². The Morgan fingerprint density at radius 1 is 0.947 bits per heavy atom. The number of imidazole rings is 1. The Hall–Kier alpha value is -4.26. The molecule has 0 aliphatic rings. The van der Waals surface area contributed by atoms with E-state index in [4.69, 9.17) is 11.5 Å². The number of rotatable bonds is 15. The van der Waals surface area contributed by atoms with E-state index < -0.39 is 60.2 Å². The number of H-pyrrole nitrogens is 1. The number of aromatic nitrogens is 2. The summed E-state index contributed by atoms with van der Waals surface area (Å²) in [6.45, 7) is 3.68. The van der Waals surface area contributed by atoms with Gasteiger partial charge >= 0.3 is 5.97 Å². The second kappa shape index (κ2) is 14.5. The number of primary amides is 1. The number of nitrogens with two attached hydrogens (primary N) is 2. The maximum atomic E-state index is 13.2. The van der Waals surface area contributed by atoms with E-state index in [1.54, 1.807) is 37.3 Å². The zero-order valence-corrected chi connectivity index (χ0v) is 21.3. The van der Waals surface area contributed by atoms with Gasteiger partial charge in [0.05, 0.1) is 18.8 Å². The molecule has 5 atom stereocenters. The predicted octanol–water partition coefficient (Wildman–Crippen LogP) is -1.02. The van der Waals surface area contributed by atoms with Crippen molar-refractivity contribution in [2.24, 2.45) is 17.4 Å². The number of aliphatic carboxylic acids is 1. The minimum absolute atomic E-state index is 0.0124. The molecule has 206 valence electrons. The molecule has 0 saturated carbocycles. The summed E-state index contributed by atoms with van der Waals surface area (Å²) in [5.74, 6) is -4.62. The van der Waals surface area contributed by atoms with Crippen LogP contribution in [0.5, 0.6) is 0 Å². The number of hydrogen-bond acceptors (Lipinski definition) is 7. The van der Waals surface area contributed by atoms with E-state index in [0.717, 1.165) is 0 Å². The Labute approximate surface area is 220 Å². The highest BCUT2D eigenvalue weighted by Gasteiger charge is 2.32. The van der Waals surface area contributed by atoms with Gasteiger partial charge in [0.15, 0.2) is 0 Å². The van der Waals surface area contributed by atoms with Crippen LogP contribution in [0.1, 0.15) is 37.9 Å². The molecule has 2 aromatic rings. The zero-order valence-electron chi connectivity index (χ0n) is 21.3. The number of hydrogen-bond donors (Lipinski definition) is 7. The van der Waals surface area contributed by atoms with Gasteiger partial charge < -0.3 is 37.5 Å². The number of benzene rings is 1. The van der Waals surface area contributed by atoms with E-state index in [1.165, 1.54) is 12.5 Å². The molecule has 4 amide bonds. The van der Waals surface area contributed by atoms with Crippen molar-refractivity contribution >= 4 is 29.6 Å². The molecular weight excluding hydrogens is 494 g/mol. The summed E-state index contributed by atoms with van der Waals surface area (Å²) >= 11 is 0. The van der Waals surface area contributed by atoms with Gasteiger partial charge in [0, 0.05) is 24.7 Å². The molecule has 0 saturated heterocycles. The molecule has 2 rings (SSSR count). The molecule has 1 heterocycles. The number of carbonyl (C=O) groups excluding carboxylic acids is 4. The van der Waals surface area contributed by atoms with E-state index in [2.05, 4.69) is 25.9 Å². The van der Waals surface area contributed by atoms with Crippen molar-refractivity contribution in [1.29, 1.82) is 0 Å². The molecular formula is C25H35N7O6. The molecule has 1 aromatic heterocycles. The monoisotopic (exact) mass is 529 g/mol. The van der Waals surface area contributed by atoms with Crippen molar-refractivity contribution in [3.8, 4) is 0 Å². The van der Waals surface area contributed by atoms with E-state index in [0.29, 0.717) is 17.7 Å². The van der Waals surface area contributed by atoms with Crippen molar-refractivity contribution in [1.82, 2.24) is 25.9 Å². The summed E-state index contributed by atoms with van der Waals surface area (Å²) in [5.41, 5.74) is 12.5. The highest BCUT2D eigenvalue weighted by molar-refractivity contribution is 5.96. The first-order chi connectivity index (χ1) is 18.0. The highest BCUT2D eigenvalue weighted by Crippen LogP contribution is 2.08. The molecule has 0 spiro atoms. The molecule has 1 aromatic carbocycles. The van der Waals surface area contributed by atoms with Crippen LogP contribution in [0, 0.1) is 5.92 Å². The number of carbonyl (C=O) groups is 5. The number of aromatic amines is 1. The van der Waals surface area contributed by atoms with Gasteiger partial charge in [-0.25, -0.2) is 9.78 Å². The van der Waals surface area contributed by atoms with E-state index in [9.17, 15) is 29.1 Å². The molecule has 5 unspecified atom stereocenters. The van der Waals surface area contributed by atoms with Gasteiger partial charge in [0.1, 0.15) is 18.1 Å². The van der Waals surface area contributed by atoms with Gasteiger partial charge in [-0.3, -0.25) is 19.2 Å². The summed E-state index contributed by atoms with van der Waals surface area (Å²) in [7, 11) is 0. The molecule has 9 N–H and O–H groups in total. The second-order valence-electron chi connectivity index (χ2n) is 9.07. The lowest BCUT2D eigenvalue weighted by Gasteiger charge is -2.25. The summed E-state index contributed by atoms with van der Waals surface area (Å²) in [6, 6.07) is 3.77. The van der Waals surface area contributed by atoms with Gasteiger partial charge in [-0.1, -0.05) is 50.6 Å². The molecule has 38 heavy (non-hydrogen) atoms. The maximum absolute atomic E-state index is 13.2. The average molecular weight is 530 g/mol. The molecule has 0 fully saturated rings. The van der Waals surface area contributed by atoms with Crippen LogP contribution in [0.25, 0.3) is 0 Å². The largest absolute Gasteiger partial charge is 0.480 e. The van der Waals surface area contributed by atoms with Crippen molar-refractivity contribution in [2.75, 3.05) is 0 Å². The lowest BCUT2D eigenvalue weighted by molar-refractivity contribution is -0.142. The Morgan fingerprint density at radius 3 is 2.11 bits per heavy atom. The second-order valence-corrected chi connectivity index (χ2v) is 9.07. The molecule has 13 heteroatoms. The molecule has 0 radical (unpaired) electrons. The Balaban J connectivity index is 2.20. The lowest BCUT2D eigenvalue weighted by Crippen LogP contribution is -2.58. The summed E-state index contributed by atoms with van der Waals surface area (Å²) < 4.78 is 0. The third-order valence-corrected chi connectivity index (χ3v) is 6.11. The van der Waals surface area contributed by atoms with Gasteiger partial charge in [-0.2, -0.15) is 0 Å². The molecule has 0 aliphatic carbocycles. The van der Waals surface area contributed by atoms with E-state index in [1.807, 2.05) is 6.92 Å². The number of nitrogens with one attached hydrogen (secondary N) is 4. The third-order valence-electron chi connectivity index (χ3n) is 6.11. The Kier molecular flexibility index (Phi) is 11.4. The van der Waals surface area contributed by atoms with Crippen molar-refractivity contribution in [3.63, 3.8) is 0 Å². The van der Waals surface area contributed by atoms with Gasteiger partial charge in [0.2, 0.25) is 23.6 Å². The highest BCUT2D eigenvalue weighted by atomic mass is 16.4. The summed E-state index contributed by atoms with van der Waals surface area (Å²) in [6.07, 6.45) is 2.88. The van der Waals surface area contributed by atoms with Crippen LogP contribution < -0.4 is 27.4 Å². The van der Waals surface area contributed by atoms with Crippen LogP contribution in [0.4, 0.5) is 0 Å². The summed E-state index contributed by atoms with van der Waals surface area (Å²) in [5, 5.41) is 17.0. The van der Waals surface area contributed by atoms with Gasteiger partial charge in [-0.15, -0.1) is 0 Å². The van der Waals surface area contributed by atoms with Gasteiger partial charge in [0.25, 0.3) is 0 Å². The van der Waals surface area contributed by atoms with Crippen LogP contribution in [0.3, 0.4) is 0 Å². The quantitative estimate of drug-likeness (QED) is 0.151. The van der Waals surface area contributed by atoms with Crippen LogP contribution in [-0.2, 0) is 36.8 Å². The number of carboxylic acids is 1. The zero-order chi connectivity index (χ0) is 28.2. The lowest BCUT2D eigenvalue weighted by atomic mass is 9.98. The fourth-order valence-electron chi connectivity index (χ4n) is 3.61. The number of amides is 4. The fraction of sp³-hybridized carbons (Fsp3) is 0.440. The number of nitrogens with zero attached hydrogens (tertiary/aromatic N) is 1. The van der Waals surface area contributed by atoms with Crippen LogP contribution >= 0.6 is 0 Å². The predicted molar refractivity (Wildman–Crippen MR) is 137 cm³/mol. The van der Waals surface area contributed by atoms with Gasteiger partial charge in [-0.05, 0) is 11.5 Å². The van der Waals surface area contributed by atoms with E-state index >= 15 is 0 Å². The van der Waals surface area contributed by atoms with Crippen LogP contribution in [0.15, 0.2) is 42.9 Å². The molecule has 13 nitrogen and oxygen atoms in total. The third kappa shape index (κ3) is 9.32. The average Bonchev–Trinajstić information content (AvgIpc) is 3.39. The van der Waals surface area contributed by atoms with Crippen LogP contribution in [-0.4, -0.2) is 68.8 Å². The standard InChI is InChI=1S/C25H35N7O6/c1-3-14(2)21(27)24(36)31-17(10-16-12-28-13-29-16)22(34)30-18(11-20(26)33)23(35)32-19(25(37)38)9-15-7-5-4-6-8-15/h4-8,12-14,17-19,21H,3,9-11,27H2,1-2H3,(H2,26,33)(H,28,29)(H,30,34)(H,31,36)(H,32,35)(H,37,38). The molecule has 0 bridgehead atoms. The first-order valence-corrected chi connectivity index (χ1v) is 12.2. The summed E-state index contributed by atoms with van der Waals surface area (Å²) in [4.78, 5) is 69.1. The fourth-order valence-corrected chi connectivity index (χ4v) is 3.61. The topological polar surface area (TPSA) is 222 Å². The number of carboxylic acid groups (broad SMARTS) is 1. The Bertz CT molecular complexity index is 1090. The molecule has 0 aliphatic heterocycles. The van der Waals surface area contributed by atoms with Crippen LogP contribution in [0.2, 0.25) is 0 Å². The van der Waals surface area contributed by atoms with Crippen molar-refractivity contribution < 1.29 is 29.1 Å². The maximum Gasteiger partial charge on any atom is 0.326 e. The Morgan fingerprint density at radius 2 is 1.55 bits per heavy atom. The van der Waals surface area contributed by atoms with E-state index in [-0.39, 0.29) is 18.8 Å². The first kappa shape index (κ1) is 30.0. The normalized spacial score (nSPS) is 14.8. The smallest absolute Gasteiger partial charge is 0.326 e. The minimum atomic E-state index is -1.48. The first-order valence-electron chi connectivity index (χ1n) is 12.2.